The molecule has 0 atom stereocenters. The van der Waals surface area contributed by atoms with E-state index in [1.165, 1.54) is 6.07 Å². The largest absolute Gasteiger partial charge is 0.416 e. The van der Waals surface area contributed by atoms with Crippen molar-refractivity contribution in [2.24, 2.45) is 0 Å². The van der Waals surface area contributed by atoms with Crippen LogP contribution >= 0.6 is 0 Å². The fourth-order valence-electron chi connectivity index (χ4n) is 7.83. The summed E-state index contributed by atoms with van der Waals surface area (Å²) < 4.78 is 46.7. The van der Waals surface area contributed by atoms with E-state index in [2.05, 4.69) is 36.6 Å². The van der Waals surface area contributed by atoms with Crippen molar-refractivity contribution in [2.75, 3.05) is 0 Å². The molecular weight excluding hydrogens is 708 g/mol. The zero-order valence-corrected chi connectivity index (χ0v) is 29.3. The van der Waals surface area contributed by atoms with Crippen LogP contribution in [0.15, 0.2) is 158 Å². The van der Waals surface area contributed by atoms with Crippen LogP contribution in [-0.4, -0.2) is 29.1 Å². The molecule has 7 nitrogen and oxygen atoms in total. The van der Waals surface area contributed by atoms with Gasteiger partial charge in [0.2, 0.25) is 0 Å². The number of aromatic nitrogens is 6. The number of rotatable bonds is 5. The van der Waals surface area contributed by atoms with Gasteiger partial charge in [-0.15, -0.1) is 0 Å². The third-order valence-electron chi connectivity index (χ3n) is 10.2. The van der Waals surface area contributed by atoms with Crippen LogP contribution in [-0.2, 0) is 6.18 Å². The van der Waals surface area contributed by atoms with Crippen LogP contribution in [0.2, 0.25) is 0 Å². The summed E-state index contributed by atoms with van der Waals surface area (Å²) in [5.74, 6) is 1.15. The van der Waals surface area contributed by atoms with Crippen molar-refractivity contribution in [1.29, 1.82) is 5.26 Å². The zero-order chi connectivity index (χ0) is 38.0. The molecule has 0 saturated heterocycles. The van der Waals surface area contributed by atoms with Crippen molar-refractivity contribution < 1.29 is 13.2 Å². The van der Waals surface area contributed by atoms with E-state index in [1.807, 2.05) is 95.6 Å². The average molecular weight is 734 g/mol. The van der Waals surface area contributed by atoms with Crippen molar-refractivity contribution in [3.63, 3.8) is 0 Å². The molecule has 266 valence electrons. The van der Waals surface area contributed by atoms with Gasteiger partial charge < -0.3 is 9.13 Å². The van der Waals surface area contributed by atoms with Gasteiger partial charge in [-0.05, 0) is 84.4 Å². The van der Waals surface area contributed by atoms with Crippen LogP contribution in [0.4, 0.5) is 13.2 Å². The number of benzene rings is 6. The minimum atomic E-state index is -4.57. The highest BCUT2D eigenvalue weighted by atomic mass is 19.4. The third-order valence-corrected chi connectivity index (χ3v) is 10.2. The molecule has 0 aliphatic rings. The predicted molar refractivity (Wildman–Crippen MR) is 212 cm³/mol. The molecule has 0 bridgehead atoms. The summed E-state index contributed by atoms with van der Waals surface area (Å²) in [4.78, 5) is 17.8. The molecule has 0 fully saturated rings. The Bertz CT molecular complexity index is 3200. The first kappa shape index (κ1) is 33.0. The summed E-state index contributed by atoms with van der Waals surface area (Å²) in [5, 5.41) is 15.0. The maximum atomic E-state index is 14.2. The van der Waals surface area contributed by atoms with E-state index in [-0.39, 0.29) is 5.56 Å². The highest BCUT2D eigenvalue weighted by Gasteiger charge is 2.31. The van der Waals surface area contributed by atoms with E-state index < -0.39 is 11.7 Å². The van der Waals surface area contributed by atoms with Crippen molar-refractivity contribution in [1.82, 2.24) is 29.1 Å². The number of alkyl halides is 3. The Morgan fingerprint density at radius 2 is 1.02 bits per heavy atom. The Morgan fingerprint density at radius 3 is 1.59 bits per heavy atom. The van der Waals surface area contributed by atoms with Crippen LogP contribution < -0.4 is 0 Å². The van der Waals surface area contributed by atoms with E-state index >= 15 is 0 Å². The Morgan fingerprint density at radius 1 is 0.482 bits per heavy atom. The second-order valence-corrected chi connectivity index (χ2v) is 13.4. The van der Waals surface area contributed by atoms with Gasteiger partial charge in [-0.2, -0.15) is 18.4 Å². The van der Waals surface area contributed by atoms with Crippen molar-refractivity contribution in [3.05, 3.63) is 169 Å². The zero-order valence-electron chi connectivity index (χ0n) is 29.3. The molecule has 0 radical (unpaired) electrons. The molecule has 0 spiro atoms. The third kappa shape index (κ3) is 5.21. The summed E-state index contributed by atoms with van der Waals surface area (Å²) in [5.41, 5.74) is 6.24. The van der Waals surface area contributed by atoms with Crippen LogP contribution in [0, 0.1) is 11.3 Å². The van der Waals surface area contributed by atoms with Gasteiger partial charge >= 0.3 is 6.18 Å². The molecule has 10 rings (SSSR count). The summed E-state index contributed by atoms with van der Waals surface area (Å²) >= 11 is 0. The number of para-hydroxylation sites is 2. The predicted octanol–water partition coefficient (Wildman–Crippen LogP) is 11.4. The van der Waals surface area contributed by atoms with Gasteiger partial charge in [0, 0.05) is 63.0 Å². The van der Waals surface area contributed by atoms with E-state index in [9.17, 15) is 18.4 Å². The van der Waals surface area contributed by atoms with Crippen LogP contribution in [0.1, 0.15) is 11.1 Å². The lowest BCUT2D eigenvalue weighted by molar-refractivity contribution is -0.137. The maximum absolute atomic E-state index is 14.2. The lowest BCUT2D eigenvalue weighted by Crippen LogP contribution is -2.07. The van der Waals surface area contributed by atoms with E-state index in [1.54, 1.807) is 43.0 Å². The number of hydrogen-bond acceptors (Lipinski definition) is 5. The number of halogens is 3. The highest BCUT2D eigenvalue weighted by Crippen LogP contribution is 2.43. The van der Waals surface area contributed by atoms with Gasteiger partial charge in [0.15, 0.2) is 11.6 Å². The topological polar surface area (TPSA) is 85.2 Å². The fraction of sp³-hybridized carbons (Fsp3) is 0.0217. The minimum Gasteiger partial charge on any atom is -0.308 e. The summed E-state index contributed by atoms with van der Waals surface area (Å²) in [6, 6.07) is 42.7. The number of nitriles is 1. The Balaban J connectivity index is 1.31. The quantitative estimate of drug-likeness (QED) is 0.176. The molecule has 0 aliphatic carbocycles. The molecule has 0 amide bonds. The van der Waals surface area contributed by atoms with Gasteiger partial charge in [0.25, 0.3) is 0 Å². The van der Waals surface area contributed by atoms with Crippen LogP contribution in [0.25, 0.3) is 88.9 Å². The molecule has 4 heterocycles. The molecule has 6 aromatic carbocycles. The van der Waals surface area contributed by atoms with Gasteiger partial charge in [-0.3, -0.25) is 0 Å². The van der Waals surface area contributed by atoms with E-state index in [0.29, 0.717) is 34.2 Å². The van der Waals surface area contributed by atoms with Crippen molar-refractivity contribution >= 4 is 43.6 Å². The second-order valence-electron chi connectivity index (χ2n) is 13.4. The van der Waals surface area contributed by atoms with Gasteiger partial charge in [-0.1, -0.05) is 54.6 Å². The van der Waals surface area contributed by atoms with Crippen molar-refractivity contribution in [3.8, 4) is 51.3 Å². The Labute approximate surface area is 317 Å². The Hall–Kier alpha value is -7.64. The van der Waals surface area contributed by atoms with E-state index in [4.69, 9.17) is 0 Å². The van der Waals surface area contributed by atoms with Gasteiger partial charge in [0.1, 0.15) is 11.6 Å². The summed E-state index contributed by atoms with van der Waals surface area (Å²) in [6.45, 7) is 0. The molecule has 10 aromatic rings. The first-order valence-corrected chi connectivity index (χ1v) is 17.8. The standard InChI is InChI=1S/C46H26F3N7/c47-46(48,49)31-9-5-8-28(24-31)32-16-19-42(55-38-12-3-1-10-33(38)35-25-29(14-17-40(35)55)44-51-20-6-21-52-44)37(27-50)43(32)56-39-13-4-2-11-34(39)36-26-30(15-18-41(36)56)45-53-22-7-23-54-45/h1-26H. The smallest absolute Gasteiger partial charge is 0.308 e. The summed E-state index contributed by atoms with van der Waals surface area (Å²) in [6.07, 6.45) is 2.21. The number of hydrogen-bond donors (Lipinski definition) is 0. The molecule has 56 heavy (non-hydrogen) atoms. The number of nitrogens with zero attached hydrogens (tertiary/aromatic N) is 7. The first-order valence-electron chi connectivity index (χ1n) is 17.8. The lowest BCUT2D eigenvalue weighted by Gasteiger charge is -2.20. The Kier molecular flexibility index (Phi) is 7.50. The fourth-order valence-corrected chi connectivity index (χ4v) is 7.83. The average Bonchev–Trinajstić information content (AvgIpc) is 3.75. The van der Waals surface area contributed by atoms with Gasteiger partial charge in [-0.25, -0.2) is 19.9 Å². The molecular formula is C46H26F3N7. The second kappa shape index (κ2) is 12.7. The van der Waals surface area contributed by atoms with Crippen LogP contribution in [0.3, 0.4) is 0 Å². The molecule has 0 saturated carbocycles. The molecule has 0 unspecified atom stereocenters. The monoisotopic (exact) mass is 733 g/mol. The number of fused-ring (bicyclic) bond motifs is 6. The highest BCUT2D eigenvalue weighted by molar-refractivity contribution is 6.12. The normalized spacial score (nSPS) is 11.8. The SMILES string of the molecule is N#Cc1c(-n2c3ccccc3c3cc(-c4ncccn4)ccc32)ccc(-c2cccc(C(F)(F)F)c2)c1-n1c2ccccc2c2cc(-c3ncccn3)ccc21. The van der Waals surface area contributed by atoms with Gasteiger partial charge in [0.05, 0.1) is 39.0 Å². The van der Waals surface area contributed by atoms with E-state index in [0.717, 1.165) is 66.9 Å². The van der Waals surface area contributed by atoms with Crippen LogP contribution in [0.5, 0.6) is 0 Å². The molecule has 10 heteroatoms. The molecule has 4 aromatic heterocycles. The maximum Gasteiger partial charge on any atom is 0.416 e. The lowest BCUT2D eigenvalue weighted by atomic mass is 9.96. The first-order chi connectivity index (χ1) is 27.4. The van der Waals surface area contributed by atoms with Crippen molar-refractivity contribution in [2.45, 2.75) is 6.18 Å². The summed E-state index contributed by atoms with van der Waals surface area (Å²) in [7, 11) is 0. The minimum absolute atomic E-state index is 0.288. The molecule has 0 N–H and O–H groups in total. The molecule has 0 aliphatic heterocycles.